The van der Waals surface area contributed by atoms with E-state index in [2.05, 4.69) is 5.32 Å². The summed E-state index contributed by atoms with van der Waals surface area (Å²) in [7, 11) is 0. The van der Waals surface area contributed by atoms with Gasteiger partial charge in [-0.25, -0.2) is 4.79 Å². The van der Waals surface area contributed by atoms with Crippen LogP contribution in [0.25, 0.3) is 0 Å². The van der Waals surface area contributed by atoms with Gasteiger partial charge in [0.15, 0.2) is 0 Å². The summed E-state index contributed by atoms with van der Waals surface area (Å²) in [4.78, 5) is 25.3. The fourth-order valence-electron chi connectivity index (χ4n) is 2.73. The molecule has 3 rings (SSSR count). The van der Waals surface area contributed by atoms with Crippen LogP contribution in [-0.4, -0.2) is 34.0 Å². The number of hydrogen-bond donors (Lipinski definition) is 2. The number of carbonyl (C=O) groups excluding carboxylic acids is 2. The predicted octanol–water partition coefficient (Wildman–Crippen LogP) is 1.85. The third kappa shape index (κ3) is 1.98. The van der Waals surface area contributed by atoms with Crippen LogP contribution in [0.5, 0.6) is 0 Å². The van der Waals surface area contributed by atoms with Crippen LogP contribution < -0.4 is 5.32 Å². The smallest absolute Gasteiger partial charge is 0.325 e. The molecule has 1 aromatic carbocycles. The maximum atomic E-state index is 12.3. The Balaban J connectivity index is 1.76. The summed E-state index contributed by atoms with van der Waals surface area (Å²) in [5.74, 6) is -0.236. The van der Waals surface area contributed by atoms with Crippen molar-refractivity contribution in [3.05, 3.63) is 34.9 Å². The van der Waals surface area contributed by atoms with Crippen LogP contribution in [0, 0.1) is 0 Å². The molecule has 1 saturated carbocycles. The van der Waals surface area contributed by atoms with Crippen molar-refractivity contribution in [1.29, 1.82) is 0 Å². The van der Waals surface area contributed by atoms with Crippen LogP contribution >= 0.6 is 11.6 Å². The van der Waals surface area contributed by atoms with E-state index in [1.807, 2.05) is 0 Å². The lowest BCUT2D eigenvalue weighted by Gasteiger charge is -2.35. The minimum absolute atomic E-state index is 0.0733. The van der Waals surface area contributed by atoms with E-state index in [9.17, 15) is 14.7 Å². The molecule has 6 heteroatoms. The first-order valence-electron chi connectivity index (χ1n) is 6.60. The molecule has 2 N–H and O–H groups in total. The Hall–Kier alpha value is -1.59. The summed E-state index contributed by atoms with van der Waals surface area (Å²) < 4.78 is 0. The highest BCUT2D eigenvalue weighted by molar-refractivity contribution is 6.31. The Morgan fingerprint density at radius 1 is 1.35 bits per heavy atom. The molecule has 0 aromatic heterocycles. The summed E-state index contributed by atoms with van der Waals surface area (Å²) in [6.07, 6.45) is 1.31. The first kappa shape index (κ1) is 13.4. The van der Waals surface area contributed by atoms with Crippen molar-refractivity contribution >= 4 is 23.5 Å². The lowest BCUT2D eigenvalue weighted by Crippen LogP contribution is -2.52. The van der Waals surface area contributed by atoms with Crippen molar-refractivity contribution in [2.24, 2.45) is 0 Å². The number of imide groups is 1. The van der Waals surface area contributed by atoms with Gasteiger partial charge in [0.25, 0.3) is 5.91 Å². The number of β-amino-alcohol motifs (C(OH)–C–C–N with tert-alkyl or cyclic N) is 1. The number of nitrogens with zero attached hydrogens (tertiary/aromatic N) is 1. The van der Waals surface area contributed by atoms with Crippen molar-refractivity contribution in [2.45, 2.75) is 30.9 Å². The second-order valence-electron chi connectivity index (χ2n) is 5.32. The van der Waals surface area contributed by atoms with Gasteiger partial charge in [-0.15, -0.1) is 0 Å². The molecular formula is C14H15ClN2O3. The molecule has 1 spiro atoms. The molecule has 2 fully saturated rings. The van der Waals surface area contributed by atoms with Crippen LogP contribution in [0.3, 0.4) is 0 Å². The quantitative estimate of drug-likeness (QED) is 0.836. The monoisotopic (exact) mass is 294 g/mol. The minimum atomic E-state index is -0.978. The standard InChI is InChI=1S/C14H15ClN2O3/c15-10-5-2-1-4-9(10)11(18)8-17-12(19)14(6-3-7-14)16-13(17)20/h1-2,4-5,11,18H,3,6-8H2,(H,16,20). The van der Waals surface area contributed by atoms with Crippen molar-refractivity contribution in [2.75, 3.05) is 6.54 Å². The third-order valence-electron chi connectivity index (χ3n) is 4.07. The summed E-state index contributed by atoms with van der Waals surface area (Å²) in [5, 5.41) is 13.4. The highest BCUT2D eigenvalue weighted by Crippen LogP contribution is 2.38. The van der Waals surface area contributed by atoms with Gasteiger partial charge in [-0.3, -0.25) is 9.69 Å². The number of halogens is 1. The SMILES string of the molecule is O=C1NC2(CCC2)C(=O)N1CC(O)c1ccccc1Cl. The van der Waals surface area contributed by atoms with Gasteiger partial charge in [-0.2, -0.15) is 0 Å². The number of carbonyl (C=O) groups is 2. The zero-order chi connectivity index (χ0) is 14.3. The predicted molar refractivity (Wildman–Crippen MR) is 73.2 cm³/mol. The van der Waals surface area contributed by atoms with Crippen LogP contribution in [-0.2, 0) is 4.79 Å². The molecule has 1 aliphatic heterocycles. The van der Waals surface area contributed by atoms with Crippen LogP contribution in [0.1, 0.15) is 30.9 Å². The zero-order valence-corrected chi connectivity index (χ0v) is 11.6. The molecule has 106 valence electrons. The number of nitrogens with one attached hydrogen (secondary N) is 1. The highest BCUT2D eigenvalue weighted by Gasteiger charge is 2.54. The average molecular weight is 295 g/mol. The summed E-state index contributed by atoms with van der Waals surface area (Å²) in [6.45, 7) is -0.0733. The lowest BCUT2D eigenvalue weighted by atomic mass is 9.77. The fourth-order valence-corrected chi connectivity index (χ4v) is 2.99. The molecule has 2 aliphatic rings. The van der Waals surface area contributed by atoms with Crippen molar-refractivity contribution in [3.63, 3.8) is 0 Å². The van der Waals surface area contributed by atoms with E-state index in [0.29, 0.717) is 23.4 Å². The van der Waals surface area contributed by atoms with Gasteiger partial charge in [-0.05, 0) is 25.3 Å². The van der Waals surface area contributed by atoms with Gasteiger partial charge in [0, 0.05) is 10.6 Å². The number of aliphatic hydroxyl groups excluding tert-OH is 1. The fraction of sp³-hybridized carbons (Fsp3) is 0.429. The van der Waals surface area contributed by atoms with E-state index >= 15 is 0 Å². The molecule has 1 unspecified atom stereocenters. The maximum absolute atomic E-state index is 12.3. The Labute approximate surface area is 121 Å². The number of rotatable bonds is 3. The third-order valence-corrected chi connectivity index (χ3v) is 4.42. The number of urea groups is 1. The normalized spacial score (nSPS) is 21.8. The largest absolute Gasteiger partial charge is 0.386 e. The van der Waals surface area contributed by atoms with Crippen molar-refractivity contribution in [1.82, 2.24) is 10.2 Å². The number of benzene rings is 1. The van der Waals surface area contributed by atoms with Crippen LogP contribution in [0.2, 0.25) is 5.02 Å². The Kier molecular flexibility index (Phi) is 3.18. The van der Waals surface area contributed by atoms with Gasteiger partial charge in [0.05, 0.1) is 12.6 Å². The minimum Gasteiger partial charge on any atom is -0.386 e. The summed E-state index contributed by atoms with van der Waals surface area (Å²) in [6, 6.07) is 6.43. The van der Waals surface area contributed by atoms with E-state index in [0.717, 1.165) is 11.3 Å². The van der Waals surface area contributed by atoms with E-state index < -0.39 is 17.7 Å². The summed E-state index contributed by atoms with van der Waals surface area (Å²) >= 11 is 6.01. The molecule has 5 nitrogen and oxygen atoms in total. The van der Waals surface area contributed by atoms with Gasteiger partial charge in [-0.1, -0.05) is 29.8 Å². The molecule has 1 aromatic rings. The van der Waals surface area contributed by atoms with E-state index in [4.69, 9.17) is 11.6 Å². The number of hydrogen-bond acceptors (Lipinski definition) is 3. The highest BCUT2D eigenvalue weighted by atomic mass is 35.5. The van der Waals surface area contributed by atoms with Gasteiger partial charge < -0.3 is 10.4 Å². The first-order chi connectivity index (χ1) is 9.53. The molecule has 1 atom stereocenters. The molecule has 1 aliphatic carbocycles. The topological polar surface area (TPSA) is 69.6 Å². The second kappa shape index (κ2) is 4.75. The zero-order valence-electron chi connectivity index (χ0n) is 10.8. The molecule has 0 bridgehead atoms. The second-order valence-corrected chi connectivity index (χ2v) is 5.73. The molecule has 20 heavy (non-hydrogen) atoms. The molecule has 3 amide bonds. The Morgan fingerprint density at radius 2 is 2.05 bits per heavy atom. The Morgan fingerprint density at radius 3 is 2.60 bits per heavy atom. The maximum Gasteiger partial charge on any atom is 0.325 e. The first-order valence-corrected chi connectivity index (χ1v) is 6.98. The lowest BCUT2D eigenvalue weighted by molar-refractivity contribution is -0.135. The van der Waals surface area contributed by atoms with Crippen molar-refractivity contribution in [3.8, 4) is 0 Å². The van der Waals surface area contributed by atoms with Crippen LogP contribution in [0.4, 0.5) is 4.79 Å². The number of amides is 3. The van der Waals surface area contributed by atoms with Crippen LogP contribution in [0.15, 0.2) is 24.3 Å². The molecule has 1 heterocycles. The van der Waals surface area contributed by atoms with Gasteiger partial charge in [0.1, 0.15) is 5.54 Å². The average Bonchev–Trinajstić information content (AvgIpc) is 2.63. The van der Waals surface area contributed by atoms with E-state index in [1.54, 1.807) is 24.3 Å². The Bertz CT molecular complexity index is 571. The van der Waals surface area contributed by atoms with Gasteiger partial charge >= 0.3 is 6.03 Å². The molecule has 1 saturated heterocycles. The number of aliphatic hydroxyl groups is 1. The van der Waals surface area contributed by atoms with Gasteiger partial charge in [0.2, 0.25) is 0 Å². The molecular weight excluding hydrogens is 280 g/mol. The van der Waals surface area contributed by atoms with E-state index in [1.165, 1.54) is 0 Å². The van der Waals surface area contributed by atoms with E-state index in [-0.39, 0.29) is 12.5 Å². The van der Waals surface area contributed by atoms with Crippen molar-refractivity contribution < 1.29 is 14.7 Å². The summed E-state index contributed by atoms with van der Waals surface area (Å²) in [5.41, 5.74) is -0.193. The molecule has 0 radical (unpaired) electrons.